The molecule has 0 amide bonds. The summed E-state index contributed by atoms with van der Waals surface area (Å²) in [6.45, 7) is 3.15. The number of hydrogen-bond acceptors (Lipinski definition) is 4. The van der Waals surface area contributed by atoms with Gasteiger partial charge in [0.25, 0.3) is 10.1 Å². The summed E-state index contributed by atoms with van der Waals surface area (Å²) >= 11 is 0. The van der Waals surface area contributed by atoms with Gasteiger partial charge in [0.2, 0.25) is 0 Å². The average molecular weight is 204 g/mol. The molecule has 0 aliphatic heterocycles. The van der Waals surface area contributed by atoms with E-state index in [1.54, 1.807) is 6.92 Å². The summed E-state index contributed by atoms with van der Waals surface area (Å²) in [7, 11) is -4.31. The predicted octanol–water partition coefficient (Wildman–Crippen LogP) is -0.433. The molecule has 0 heterocycles. The van der Waals surface area contributed by atoms with E-state index in [-0.39, 0.29) is 31.9 Å². The minimum absolute atomic E-state index is 0. The molecule has 74 valence electrons. The van der Waals surface area contributed by atoms with E-state index in [0.717, 1.165) is 0 Å². The number of rotatable bonds is 4. The van der Waals surface area contributed by atoms with Crippen molar-refractivity contribution in [1.29, 1.82) is 0 Å². The van der Waals surface area contributed by atoms with Crippen molar-refractivity contribution in [3.63, 3.8) is 0 Å². The Labute approximate surface area is 89.8 Å². The summed E-state index contributed by atoms with van der Waals surface area (Å²) in [6, 6.07) is 0. The summed E-state index contributed by atoms with van der Waals surface area (Å²) in [5.41, 5.74) is 0. The average Bonchev–Trinajstić information content (AvgIpc) is 1.85. The van der Waals surface area contributed by atoms with Gasteiger partial charge < -0.3 is 4.74 Å². The van der Waals surface area contributed by atoms with Crippen molar-refractivity contribution >= 4 is 34.9 Å². The van der Waals surface area contributed by atoms with Crippen LogP contribution in [0.2, 0.25) is 0 Å². The van der Waals surface area contributed by atoms with Crippen molar-refractivity contribution in [3.8, 4) is 0 Å². The Hall–Kier alpha value is -0.0226. The number of hydrogen-bond donors (Lipinski definition) is 1. The zero-order chi connectivity index (χ0) is 9.78. The van der Waals surface area contributed by atoms with E-state index < -0.39 is 21.3 Å². The first-order chi connectivity index (χ1) is 5.43. The number of carbonyl (C=O) groups excluding carboxylic acids is 1. The standard InChI is InChI=1S/C6H12O5S.Li.H/c1-3-5(12(8,9)10)6(7)11-4-2;;/h5H,3-4H2,1-2H3,(H,8,9,10);;. The van der Waals surface area contributed by atoms with Gasteiger partial charge in [-0.05, 0) is 13.3 Å². The second kappa shape index (κ2) is 6.43. The van der Waals surface area contributed by atoms with Crippen LogP contribution in [0.25, 0.3) is 0 Å². The molecule has 0 fully saturated rings. The summed E-state index contributed by atoms with van der Waals surface area (Å²) in [5.74, 6) is -0.900. The zero-order valence-electron chi connectivity index (χ0n) is 6.98. The van der Waals surface area contributed by atoms with Gasteiger partial charge in [0, 0.05) is 0 Å². The summed E-state index contributed by atoms with van der Waals surface area (Å²) in [5, 5.41) is -1.45. The molecular formula is C6H13LiO5S. The van der Waals surface area contributed by atoms with Gasteiger partial charge in [0.15, 0.2) is 5.25 Å². The molecule has 0 aromatic carbocycles. The van der Waals surface area contributed by atoms with E-state index in [9.17, 15) is 13.2 Å². The Morgan fingerprint density at radius 1 is 1.46 bits per heavy atom. The minimum atomic E-state index is -4.31. The van der Waals surface area contributed by atoms with Gasteiger partial charge in [0.1, 0.15) is 0 Å². The summed E-state index contributed by atoms with van der Waals surface area (Å²) < 4.78 is 34.1. The molecule has 0 aliphatic carbocycles. The Bertz CT molecular complexity index is 248. The number of esters is 1. The van der Waals surface area contributed by atoms with Gasteiger partial charge in [-0.1, -0.05) is 6.92 Å². The molecule has 0 aliphatic rings. The van der Waals surface area contributed by atoms with Crippen LogP contribution in [0.5, 0.6) is 0 Å². The van der Waals surface area contributed by atoms with Crippen LogP contribution in [0.15, 0.2) is 0 Å². The molecule has 0 rings (SSSR count). The maximum absolute atomic E-state index is 10.9. The Morgan fingerprint density at radius 3 is 2.15 bits per heavy atom. The van der Waals surface area contributed by atoms with E-state index in [4.69, 9.17) is 4.55 Å². The van der Waals surface area contributed by atoms with E-state index in [1.807, 2.05) is 0 Å². The normalized spacial score (nSPS) is 12.8. The van der Waals surface area contributed by atoms with Crippen LogP contribution in [-0.2, 0) is 19.6 Å². The first-order valence-corrected chi connectivity index (χ1v) is 5.06. The van der Waals surface area contributed by atoms with Crippen molar-refractivity contribution in [1.82, 2.24) is 0 Å². The fraction of sp³-hybridized carbons (Fsp3) is 0.833. The van der Waals surface area contributed by atoms with Crippen molar-refractivity contribution in [2.45, 2.75) is 25.5 Å². The Kier molecular flexibility index (Phi) is 7.65. The molecule has 1 atom stereocenters. The molecule has 0 aromatic heterocycles. The van der Waals surface area contributed by atoms with Gasteiger partial charge in [-0.3, -0.25) is 9.35 Å². The van der Waals surface area contributed by atoms with Gasteiger partial charge in [-0.15, -0.1) is 0 Å². The number of carbonyl (C=O) groups is 1. The molecular weight excluding hydrogens is 191 g/mol. The molecule has 0 spiro atoms. The molecule has 7 heteroatoms. The van der Waals surface area contributed by atoms with Crippen LogP contribution in [-0.4, -0.2) is 49.7 Å². The number of ether oxygens (including phenoxy) is 1. The van der Waals surface area contributed by atoms with Crippen LogP contribution in [0.3, 0.4) is 0 Å². The zero-order valence-corrected chi connectivity index (χ0v) is 7.80. The predicted molar refractivity (Wildman–Crippen MR) is 49.4 cm³/mol. The van der Waals surface area contributed by atoms with Crippen LogP contribution < -0.4 is 0 Å². The van der Waals surface area contributed by atoms with E-state index in [0.29, 0.717) is 0 Å². The monoisotopic (exact) mass is 204 g/mol. The fourth-order valence-electron chi connectivity index (χ4n) is 0.734. The third-order valence-electron chi connectivity index (χ3n) is 1.28. The van der Waals surface area contributed by atoms with E-state index in [2.05, 4.69) is 4.74 Å². The first-order valence-electron chi connectivity index (χ1n) is 3.56. The summed E-state index contributed by atoms with van der Waals surface area (Å²) in [6.07, 6.45) is 0.0116. The van der Waals surface area contributed by atoms with Crippen LogP contribution in [0, 0.1) is 0 Å². The van der Waals surface area contributed by atoms with Gasteiger partial charge in [0.05, 0.1) is 6.61 Å². The molecule has 0 saturated carbocycles. The van der Waals surface area contributed by atoms with Crippen molar-refractivity contribution < 1.29 is 22.5 Å². The second-order valence-electron chi connectivity index (χ2n) is 2.16. The van der Waals surface area contributed by atoms with Crippen LogP contribution in [0.1, 0.15) is 20.3 Å². The molecule has 0 saturated heterocycles. The van der Waals surface area contributed by atoms with Crippen molar-refractivity contribution in [3.05, 3.63) is 0 Å². The summed E-state index contributed by atoms with van der Waals surface area (Å²) in [4.78, 5) is 10.9. The maximum atomic E-state index is 10.9. The Morgan fingerprint density at radius 2 is 1.92 bits per heavy atom. The quantitative estimate of drug-likeness (QED) is 0.381. The first kappa shape index (κ1) is 15.4. The Balaban J connectivity index is 0. The molecule has 0 radical (unpaired) electrons. The second-order valence-corrected chi connectivity index (χ2v) is 3.76. The van der Waals surface area contributed by atoms with Gasteiger partial charge in [-0.2, -0.15) is 8.42 Å². The molecule has 0 bridgehead atoms. The topological polar surface area (TPSA) is 80.7 Å². The van der Waals surface area contributed by atoms with Crippen molar-refractivity contribution in [2.75, 3.05) is 6.61 Å². The van der Waals surface area contributed by atoms with Crippen LogP contribution in [0.4, 0.5) is 0 Å². The molecule has 1 N–H and O–H groups in total. The van der Waals surface area contributed by atoms with E-state index in [1.165, 1.54) is 6.92 Å². The molecule has 13 heavy (non-hydrogen) atoms. The van der Waals surface area contributed by atoms with Gasteiger partial charge in [-0.25, -0.2) is 0 Å². The molecule has 0 aromatic rings. The van der Waals surface area contributed by atoms with Crippen LogP contribution >= 0.6 is 0 Å². The van der Waals surface area contributed by atoms with Crippen molar-refractivity contribution in [2.24, 2.45) is 0 Å². The van der Waals surface area contributed by atoms with E-state index >= 15 is 0 Å². The fourth-order valence-corrected chi connectivity index (χ4v) is 1.47. The molecule has 5 nitrogen and oxygen atoms in total. The third-order valence-corrected chi connectivity index (χ3v) is 2.52. The SMILES string of the molecule is CCOC(=O)C(CC)S(=O)(=O)O.[LiH]. The third kappa shape index (κ3) is 5.32. The molecule has 1 unspecified atom stereocenters. The van der Waals surface area contributed by atoms with Gasteiger partial charge >= 0.3 is 24.8 Å².